The average Bonchev–Trinajstić information content (AvgIpc) is 2.93. The first-order valence-electron chi connectivity index (χ1n) is 8.02. The van der Waals surface area contributed by atoms with E-state index in [4.69, 9.17) is 4.74 Å². The van der Waals surface area contributed by atoms with Crippen LogP contribution in [0.15, 0.2) is 60.1 Å². The van der Waals surface area contributed by atoms with Crippen LogP contribution in [0.1, 0.15) is 11.1 Å². The van der Waals surface area contributed by atoms with E-state index in [1.807, 2.05) is 60.0 Å². The number of allylic oxidation sites excluding steroid dienone is 1. The highest BCUT2D eigenvalue weighted by molar-refractivity contribution is 7.16. The molecule has 0 N–H and O–H groups in total. The molecule has 1 heterocycles. The Bertz CT molecular complexity index is 998. The molecule has 0 aliphatic rings. The van der Waals surface area contributed by atoms with Crippen molar-refractivity contribution < 1.29 is 9.53 Å². The standard InChI is InChI=1S/C20H20N2O2S/c1-4-11-22-16-7-5-6-8-18(16)25-20(22)21-19(23)13-15-12-14(2)9-10-17(15)24-3/h4-10,12H,1,11,13H2,2-3H3. The second-order valence-electron chi connectivity index (χ2n) is 5.75. The second-order valence-corrected chi connectivity index (χ2v) is 6.76. The summed E-state index contributed by atoms with van der Waals surface area (Å²) in [6, 6.07) is 13.9. The molecular weight excluding hydrogens is 332 g/mol. The van der Waals surface area contributed by atoms with E-state index >= 15 is 0 Å². The Morgan fingerprint density at radius 3 is 2.88 bits per heavy atom. The molecule has 3 rings (SSSR count). The van der Waals surface area contributed by atoms with Gasteiger partial charge in [0.1, 0.15) is 5.75 Å². The normalized spacial score (nSPS) is 11.7. The fourth-order valence-electron chi connectivity index (χ4n) is 2.77. The number of aryl methyl sites for hydroxylation is 1. The minimum absolute atomic E-state index is 0.187. The summed E-state index contributed by atoms with van der Waals surface area (Å²) >= 11 is 1.51. The zero-order valence-electron chi connectivity index (χ0n) is 14.4. The van der Waals surface area contributed by atoms with E-state index in [2.05, 4.69) is 11.6 Å². The maximum atomic E-state index is 12.5. The number of benzene rings is 2. The highest BCUT2D eigenvalue weighted by Crippen LogP contribution is 2.21. The van der Waals surface area contributed by atoms with Gasteiger partial charge in [-0.15, -0.1) is 6.58 Å². The highest BCUT2D eigenvalue weighted by atomic mass is 32.1. The van der Waals surface area contributed by atoms with Gasteiger partial charge < -0.3 is 9.30 Å². The van der Waals surface area contributed by atoms with Crippen LogP contribution >= 0.6 is 11.3 Å². The summed E-state index contributed by atoms with van der Waals surface area (Å²) in [4.78, 5) is 17.6. The van der Waals surface area contributed by atoms with E-state index in [0.717, 1.165) is 21.3 Å². The molecule has 1 amide bonds. The van der Waals surface area contributed by atoms with E-state index in [9.17, 15) is 4.79 Å². The molecule has 5 heteroatoms. The van der Waals surface area contributed by atoms with Gasteiger partial charge in [0.2, 0.25) is 0 Å². The Labute approximate surface area is 150 Å². The van der Waals surface area contributed by atoms with Crippen LogP contribution < -0.4 is 9.54 Å². The number of amides is 1. The van der Waals surface area contributed by atoms with Crippen LogP contribution in [-0.4, -0.2) is 17.6 Å². The fraction of sp³-hybridized carbons (Fsp3) is 0.200. The SMILES string of the molecule is C=CCn1c(=NC(=O)Cc2cc(C)ccc2OC)sc2ccccc21. The van der Waals surface area contributed by atoms with E-state index in [1.165, 1.54) is 11.3 Å². The smallest absolute Gasteiger partial charge is 0.252 e. The Balaban J connectivity index is 1.99. The summed E-state index contributed by atoms with van der Waals surface area (Å²) < 4.78 is 8.47. The van der Waals surface area contributed by atoms with Crippen LogP contribution in [0, 0.1) is 6.92 Å². The fourth-order valence-corrected chi connectivity index (χ4v) is 3.82. The van der Waals surface area contributed by atoms with Crippen molar-refractivity contribution in [2.75, 3.05) is 7.11 Å². The molecule has 0 saturated carbocycles. The van der Waals surface area contributed by atoms with Gasteiger partial charge >= 0.3 is 0 Å². The van der Waals surface area contributed by atoms with Gasteiger partial charge in [0.25, 0.3) is 5.91 Å². The highest BCUT2D eigenvalue weighted by Gasteiger charge is 2.10. The zero-order valence-corrected chi connectivity index (χ0v) is 15.2. The van der Waals surface area contributed by atoms with Gasteiger partial charge in [-0.05, 0) is 25.1 Å². The van der Waals surface area contributed by atoms with Crippen LogP contribution in [0.3, 0.4) is 0 Å². The number of fused-ring (bicyclic) bond motifs is 1. The number of carbonyl (C=O) groups excluding carboxylic acids is 1. The topological polar surface area (TPSA) is 43.6 Å². The van der Waals surface area contributed by atoms with Crippen molar-refractivity contribution >= 4 is 27.5 Å². The first-order chi connectivity index (χ1) is 12.1. The number of nitrogens with zero attached hydrogens (tertiary/aromatic N) is 2. The molecular formula is C20H20N2O2S. The number of aromatic nitrogens is 1. The molecule has 25 heavy (non-hydrogen) atoms. The number of methoxy groups -OCH3 is 1. The number of hydrogen-bond acceptors (Lipinski definition) is 3. The molecule has 0 aliphatic heterocycles. The molecule has 0 fully saturated rings. The van der Waals surface area contributed by atoms with Gasteiger partial charge in [-0.25, -0.2) is 0 Å². The lowest BCUT2D eigenvalue weighted by Crippen LogP contribution is -2.17. The van der Waals surface area contributed by atoms with Crippen LogP contribution in [0.25, 0.3) is 10.2 Å². The lowest BCUT2D eigenvalue weighted by atomic mass is 10.1. The third-order valence-corrected chi connectivity index (χ3v) is 4.96. The molecule has 0 radical (unpaired) electrons. The van der Waals surface area contributed by atoms with Crippen molar-refractivity contribution in [3.63, 3.8) is 0 Å². The molecule has 0 unspecified atom stereocenters. The molecule has 4 nitrogen and oxygen atoms in total. The Hall–Kier alpha value is -2.66. The van der Waals surface area contributed by atoms with Crippen molar-refractivity contribution in [1.29, 1.82) is 0 Å². The summed E-state index contributed by atoms with van der Waals surface area (Å²) in [5.41, 5.74) is 3.01. The van der Waals surface area contributed by atoms with Crippen LogP contribution in [0.4, 0.5) is 0 Å². The van der Waals surface area contributed by atoms with Crippen molar-refractivity contribution in [3.05, 3.63) is 71.0 Å². The van der Waals surface area contributed by atoms with Crippen molar-refractivity contribution in [2.45, 2.75) is 19.9 Å². The van der Waals surface area contributed by atoms with Crippen LogP contribution in [-0.2, 0) is 17.8 Å². The molecule has 0 spiro atoms. The molecule has 0 aliphatic carbocycles. The number of rotatable bonds is 5. The van der Waals surface area contributed by atoms with Gasteiger partial charge in [0.05, 0.1) is 23.7 Å². The number of para-hydroxylation sites is 1. The predicted octanol–water partition coefficient (Wildman–Crippen LogP) is 3.88. The number of hydrogen-bond donors (Lipinski definition) is 0. The van der Waals surface area contributed by atoms with Gasteiger partial charge in [-0.2, -0.15) is 4.99 Å². The number of thiazole rings is 1. The molecule has 2 aromatic carbocycles. The van der Waals surface area contributed by atoms with E-state index < -0.39 is 0 Å². The second kappa shape index (κ2) is 7.49. The maximum Gasteiger partial charge on any atom is 0.252 e. The average molecular weight is 352 g/mol. The Morgan fingerprint density at radius 2 is 2.12 bits per heavy atom. The van der Waals surface area contributed by atoms with Gasteiger partial charge in [-0.3, -0.25) is 4.79 Å². The predicted molar refractivity (Wildman–Crippen MR) is 102 cm³/mol. The summed E-state index contributed by atoms with van der Waals surface area (Å²) in [5, 5.41) is 0. The Kier molecular flexibility index (Phi) is 5.14. The lowest BCUT2D eigenvalue weighted by Gasteiger charge is -2.07. The number of ether oxygens (including phenoxy) is 1. The molecule has 0 bridgehead atoms. The molecule has 1 aromatic heterocycles. The largest absolute Gasteiger partial charge is 0.496 e. The summed E-state index contributed by atoms with van der Waals surface area (Å²) in [7, 11) is 1.61. The van der Waals surface area contributed by atoms with Gasteiger partial charge in [0.15, 0.2) is 4.80 Å². The van der Waals surface area contributed by atoms with Gasteiger partial charge in [0, 0.05) is 12.1 Å². The van der Waals surface area contributed by atoms with Gasteiger partial charge in [-0.1, -0.05) is 47.2 Å². The summed E-state index contributed by atoms with van der Waals surface area (Å²) in [6.07, 6.45) is 2.03. The van der Waals surface area contributed by atoms with Crippen LogP contribution in [0.2, 0.25) is 0 Å². The quantitative estimate of drug-likeness (QED) is 0.654. The first kappa shape index (κ1) is 17.2. The van der Waals surface area contributed by atoms with Crippen molar-refractivity contribution in [2.24, 2.45) is 4.99 Å². The number of carbonyl (C=O) groups is 1. The van der Waals surface area contributed by atoms with E-state index in [-0.39, 0.29) is 12.3 Å². The Morgan fingerprint density at radius 1 is 1.32 bits per heavy atom. The maximum absolute atomic E-state index is 12.5. The first-order valence-corrected chi connectivity index (χ1v) is 8.84. The van der Waals surface area contributed by atoms with Crippen molar-refractivity contribution in [3.8, 4) is 5.75 Å². The molecule has 128 valence electrons. The molecule has 3 aromatic rings. The third-order valence-electron chi connectivity index (χ3n) is 3.90. The van der Waals surface area contributed by atoms with E-state index in [1.54, 1.807) is 7.11 Å². The van der Waals surface area contributed by atoms with Crippen molar-refractivity contribution in [1.82, 2.24) is 4.57 Å². The zero-order chi connectivity index (χ0) is 17.8. The minimum atomic E-state index is -0.187. The monoisotopic (exact) mass is 352 g/mol. The third kappa shape index (κ3) is 3.72. The lowest BCUT2D eigenvalue weighted by molar-refractivity contribution is -0.117. The van der Waals surface area contributed by atoms with E-state index in [0.29, 0.717) is 17.1 Å². The summed E-state index contributed by atoms with van der Waals surface area (Å²) in [6.45, 7) is 6.41. The molecule has 0 atom stereocenters. The molecule has 0 saturated heterocycles. The summed E-state index contributed by atoms with van der Waals surface area (Å²) in [5.74, 6) is 0.526. The van der Waals surface area contributed by atoms with Crippen LogP contribution in [0.5, 0.6) is 5.75 Å². The minimum Gasteiger partial charge on any atom is -0.496 e.